The monoisotopic (exact) mass is 255 g/mol. The number of thioether (sulfide) groups is 1. The highest BCUT2D eigenvalue weighted by Crippen LogP contribution is 2.27. The van der Waals surface area contributed by atoms with Crippen molar-refractivity contribution < 1.29 is 0 Å². The van der Waals surface area contributed by atoms with Gasteiger partial charge in [-0.1, -0.05) is 11.8 Å². The van der Waals surface area contributed by atoms with E-state index in [4.69, 9.17) is 4.99 Å². The highest BCUT2D eigenvalue weighted by atomic mass is 32.2. The minimum atomic E-state index is 0.218. The number of amidine groups is 1. The summed E-state index contributed by atoms with van der Waals surface area (Å²) in [6.07, 6.45) is 3.96. The first-order valence-electron chi connectivity index (χ1n) is 6.65. The average molecular weight is 255 g/mol. The van der Waals surface area contributed by atoms with Crippen molar-refractivity contribution in [3.8, 4) is 0 Å². The highest BCUT2D eigenvalue weighted by molar-refractivity contribution is 8.13. The van der Waals surface area contributed by atoms with Gasteiger partial charge >= 0.3 is 0 Å². The van der Waals surface area contributed by atoms with Crippen molar-refractivity contribution in [1.82, 2.24) is 10.2 Å². The summed E-state index contributed by atoms with van der Waals surface area (Å²) >= 11 is 1.86. The van der Waals surface area contributed by atoms with E-state index in [0.717, 1.165) is 17.8 Å². The maximum Gasteiger partial charge on any atom is 0.157 e. The Bertz CT molecular complexity index is 297. The number of hydrogen-bond donors (Lipinski definition) is 1. The molecule has 1 heterocycles. The third-order valence-corrected chi connectivity index (χ3v) is 4.64. The lowest BCUT2D eigenvalue weighted by atomic mass is 10.0. The van der Waals surface area contributed by atoms with Crippen molar-refractivity contribution >= 4 is 16.9 Å². The molecule has 2 aliphatic rings. The molecule has 17 heavy (non-hydrogen) atoms. The lowest BCUT2D eigenvalue weighted by Gasteiger charge is -2.32. The summed E-state index contributed by atoms with van der Waals surface area (Å²) in [6.45, 7) is 7.70. The fraction of sp³-hybridized carbons (Fsp3) is 0.923. The van der Waals surface area contributed by atoms with Crippen LogP contribution in [0.3, 0.4) is 0 Å². The lowest BCUT2D eigenvalue weighted by Crippen LogP contribution is -2.46. The summed E-state index contributed by atoms with van der Waals surface area (Å²) in [5, 5.41) is 4.66. The minimum absolute atomic E-state index is 0.218. The molecule has 1 N–H and O–H groups in total. The van der Waals surface area contributed by atoms with E-state index < -0.39 is 0 Å². The lowest BCUT2D eigenvalue weighted by molar-refractivity contribution is 0.253. The smallest absolute Gasteiger partial charge is 0.157 e. The molecule has 1 unspecified atom stereocenters. The van der Waals surface area contributed by atoms with Crippen LogP contribution >= 0.6 is 11.8 Å². The quantitative estimate of drug-likeness (QED) is 0.835. The molecular formula is C13H25N3S. The van der Waals surface area contributed by atoms with Gasteiger partial charge in [0.15, 0.2) is 5.17 Å². The Morgan fingerprint density at radius 3 is 2.82 bits per heavy atom. The van der Waals surface area contributed by atoms with Crippen LogP contribution in [0.25, 0.3) is 0 Å². The summed E-state index contributed by atoms with van der Waals surface area (Å²) in [6, 6.07) is 1.39. The largest absolute Gasteiger partial charge is 0.360 e. The molecule has 1 saturated heterocycles. The van der Waals surface area contributed by atoms with Crippen LogP contribution in [-0.2, 0) is 0 Å². The molecule has 4 heteroatoms. The maximum absolute atomic E-state index is 4.74. The number of aliphatic imine (C=N–C) groups is 1. The van der Waals surface area contributed by atoms with E-state index in [0.29, 0.717) is 6.04 Å². The van der Waals surface area contributed by atoms with Gasteiger partial charge in [-0.2, -0.15) is 0 Å². The van der Waals surface area contributed by atoms with Gasteiger partial charge in [0.2, 0.25) is 0 Å². The Morgan fingerprint density at radius 2 is 2.24 bits per heavy atom. The van der Waals surface area contributed by atoms with Gasteiger partial charge in [0, 0.05) is 23.4 Å². The van der Waals surface area contributed by atoms with Gasteiger partial charge in [-0.25, -0.2) is 0 Å². The van der Waals surface area contributed by atoms with Crippen molar-refractivity contribution in [3.05, 3.63) is 0 Å². The molecule has 3 nitrogen and oxygen atoms in total. The molecule has 1 saturated carbocycles. The Labute approximate surface area is 109 Å². The highest BCUT2D eigenvalue weighted by Gasteiger charge is 2.29. The predicted octanol–water partition coefficient (Wildman–Crippen LogP) is 2.33. The molecule has 1 aliphatic carbocycles. The van der Waals surface area contributed by atoms with Crippen LogP contribution in [0, 0.1) is 0 Å². The third-order valence-electron chi connectivity index (χ3n) is 3.73. The summed E-state index contributed by atoms with van der Waals surface area (Å²) in [5.74, 6) is 1.19. The first-order valence-corrected chi connectivity index (χ1v) is 7.64. The summed E-state index contributed by atoms with van der Waals surface area (Å²) < 4.78 is 0. The second-order valence-corrected chi connectivity index (χ2v) is 7.08. The molecule has 1 atom stereocenters. The van der Waals surface area contributed by atoms with Crippen molar-refractivity contribution in [2.45, 2.75) is 57.7 Å². The van der Waals surface area contributed by atoms with Crippen molar-refractivity contribution in [2.24, 2.45) is 4.99 Å². The molecule has 98 valence electrons. The molecule has 2 fully saturated rings. The molecule has 1 aliphatic heterocycles. The van der Waals surface area contributed by atoms with Crippen molar-refractivity contribution in [2.75, 3.05) is 19.3 Å². The first kappa shape index (κ1) is 13.2. The topological polar surface area (TPSA) is 27.6 Å². The third kappa shape index (κ3) is 3.88. The van der Waals surface area contributed by atoms with E-state index in [2.05, 4.69) is 38.0 Å². The summed E-state index contributed by atoms with van der Waals surface area (Å²) in [5.41, 5.74) is 0.218. The van der Waals surface area contributed by atoms with Crippen LogP contribution in [0.5, 0.6) is 0 Å². The molecule has 0 bridgehead atoms. The molecular weight excluding hydrogens is 230 g/mol. The Balaban J connectivity index is 1.82. The number of rotatable bonds is 4. The summed E-state index contributed by atoms with van der Waals surface area (Å²) in [4.78, 5) is 7.21. The predicted molar refractivity (Wildman–Crippen MR) is 76.8 cm³/mol. The van der Waals surface area contributed by atoms with Crippen LogP contribution in [0.4, 0.5) is 0 Å². The standard InChI is InChI=1S/C13H25N3S/c1-10(16(4)11-5-6-11)9-14-12-15-13(2,3)7-8-17-12/h10-11H,5-9H2,1-4H3,(H,14,15). The van der Waals surface area contributed by atoms with Gasteiger partial charge in [0.1, 0.15) is 0 Å². The molecule has 0 spiro atoms. The van der Waals surface area contributed by atoms with Gasteiger partial charge in [-0.05, 0) is 47.1 Å². The van der Waals surface area contributed by atoms with Crippen LogP contribution in [-0.4, -0.2) is 47.0 Å². The molecule has 2 rings (SSSR count). The van der Waals surface area contributed by atoms with Crippen molar-refractivity contribution in [3.63, 3.8) is 0 Å². The van der Waals surface area contributed by atoms with E-state index in [1.54, 1.807) is 0 Å². The second-order valence-electron chi connectivity index (χ2n) is 6.00. The fourth-order valence-electron chi connectivity index (χ4n) is 2.06. The van der Waals surface area contributed by atoms with E-state index in [1.807, 2.05) is 11.8 Å². The molecule has 0 aromatic rings. The number of nitrogens with one attached hydrogen (secondary N) is 1. The summed E-state index contributed by atoms with van der Waals surface area (Å²) in [7, 11) is 2.23. The van der Waals surface area contributed by atoms with Crippen LogP contribution in [0.1, 0.15) is 40.0 Å². The number of hydrogen-bond acceptors (Lipinski definition) is 3. The van der Waals surface area contributed by atoms with Crippen LogP contribution < -0.4 is 5.32 Å². The molecule has 0 amide bonds. The van der Waals surface area contributed by atoms with Gasteiger partial charge in [-0.3, -0.25) is 9.89 Å². The Morgan fingerprint density at radius 1 is 1.53 bits per heavy atom. The first-order chi connectivity index (χ1) is 7.98. The number of nitrogens with zero attached hydrogens (tertiary/aromatic N) is 2. The Kier molecular flexibility index (Phi) is 4.03. The second kappa shape index (κ2) is 5.19. The maximum atomic E-state index is 4.74. The number of likely N-dealkylation sites (N-methyl/N-ethyl adjacent to an activating group) is 1. The minimum Gasteiger partial charge on any atom is -0.360 e. The SMILES string of the molecule is CC(CN=C1NC(C)(C)CCS1)N(C)C1CC1. The normalized spacial score (nSPS) is 28.2. The fourth-order valence-corrected chi connectivity index (χ4v) is 3.38. The van der Waals surface area contributed by atoms with Crippen LogP contribution in [0.15, 0.2) is 4.99 Å². The zero-order valence-corrected chi connectivity index (χ0v) is 12.3. The van der Waals surface area contributed by atoms with E-state index in [1.165, 1.54) is 25.0 Å². The van der Waals surface area contributed by atoms with Gasteiger partial charge in [0.05, 0.1) is 6.54 Å². The zero-order valence-electron chi connectivity index (χ0n) is 11.5. The van der Waals surface area contributed by atoms with E-state index in [-0.39, 0.29) is 5.54 Å². The van der Waals surface area contributed by atoms with E-state index >= 15 is 0 Å². The van der Waals surface area contributed by atoms with Gasteiger partial charge in [0.25, 0.3) is 0 Å². The van der Waals surface area contributed by atoms with Gasteiger partial charge < -0.3 is 5.32 Å². The molecule has 0 aromatic heterocycles. The zero-order chi connectivity index (χ0) is 12.5. The molecule has 0 aromatic carbocycles. The molecule has 0 radical (unpaired) electrons. The van der Waals surface area contributed by atoms with Crippen molar-refractivity contribution in [1.29, 1.82) is 0 Å². The average Bonchev–Trinajstić information content (AvgIpc) is 3.07. The Hall–Kier alpha value is -0.220. The van der Waals surface area contributed by atoms with Crippen LogP contribution in [0.2, 0.25) is 0 Å². The van der Waals surface area contributed by atoms with E-state index in [9.17, 15) is 0 Å². The van der Waals surface area contributed by atoms with Gasteiger partial charge in [-0.15, -0.1) is 0 Å².